The van der Waals surface area contributed by atoms with Crippen molar-refractivity contribution in [3.8, 4) is 0 Å². The number of alkyl halides is 3. The van der Waals surface area contributed by atoms with Crippen LogP contribution in [-0.4, -0.2) is 50.5 Å². The molecule has 1 amide bonds. The van der Waals surface area contributed by atoms with Gasteiger partial charge in [0.1, 0.15) is 17.9 Å². The molecule has 2 fully saturated rings. The molecule has 0 aromatic carbocycles. The number of nitrogens with one attached hydrogen (secondary N) is 1. The molecule has 1 aromatic heterocycles. The fraction of sp³-hybridized carbons (Fsp3) is 0.684. The van der Waals surface area contributed by atoms with Gasteiger partial charge in [0, 0.05) is 18.7 Å². The molecule has 4 atom stereocenters. The first-order chi connectivity index (χ1) is 13.2. The van der Waals surface area contributed by atoms with Crippen LogP contribution in [0.25, 0.3) is 0 Å². The Labute approximate surface area is 166 Å². The van der Waals surface area contributed by atoms with Crippen LogP contribution >= 0.6 is 0 Å². The van der Waals surface area contributed by atoms with E-state index in [0.29, 0.717) is 6.54 Å². The Hall–Kier alpha value is -2.39. The van der Waals surface area contributed by atoms with Crippen LogP contribution in [0.1, 0.15) is 40.4 Å². The molecule has 29 heavy (non-hydrogen) atoms. The average molecular weight is 414 g/mol. The van der Waals surface area contributed by atoms with Gasteiger partial charge < -0.3 is 15.3 Å². The van der Waals surface area contributed by atoms with Gasteiger partial charge in [0.25, 0.3) is 0 Å². The number of carboxylic acids is 1. The normalized spacial score (nSPS) is 26.6. The predicted octanol–water partition coefficient (Wildman–Crippen LogP) is 2.89. The number of hydrogen-bond acceptors (Lipinski definition) is 5. The van der Waals surface area contributed by atoms with Gasteiger partial charge in [-0.3, -0.25) is 4.79 Å². The smallest absolute Gasteiger partial charge is 0.451 e. The second-order valence-electron chi connectivity index (χ2n) is 9.43. The molecule has 0 bridgehead atoms. The van der Waals surface area contributed by atoms with Gasteiger partial charge in [0.2, 0.25) is 11.7 Å². The number of aliphatic carboxylic acids is 1. The van der Waals surface area contributed by atoms with Gasteiger partial charge in [0.15, 0.2) is 0 Å². The van der Waals surface area contributed by atoms with E-state index in [4.69, 9.17) is 0 Å². The van der Waals surface area contributed by atoms with Crippen molar-refractivity contribution in [1.82, 2.24) is 14.9 Å². The van der Waals surface area contributed by atoms with Crippen molar-refractivity contribution in [3.05, 3.63) is 18.1 Å². The number of aromatic nitrogens is 2. The Morgan fingerprint density at radius 2 is 1.93 bits per heavy atom. The van der Waals surface area contributed by atoms with Gasteiger partial charge in [0.05, 0.1) is 0 Å². The third kappa shape index (κ3) is 3.76. The molecule has 160 valence electrons. The van der Waals surface area contributed by atoms with Crippen LogP contribution in [0.15, 0.2) is 12.3 Å². The minimum absolute atomic E-state index is 0.101. The Morgan fingerprint density at radius 1 is 1.31 bits per heavy atom. The number of carbonyl (C=O) groups excluding carboxylic acids is 1. The Bertz CT molecular complexity index is 835. The number of hydrogen-bond donors (Lipinski definition) is 2. The van der Waals surface area contributed by atoms with Gasteiger partial charge in [-0.2, -0.15) is 13.2 Å². The van der Waals surface area contributed by atoms with Gasteiger partial charge >= 0.3 is 12.1 Å². The summed E-state index contributed by atoms with van der Waals surface area (Å²) in [5.41, 5.74) is -0.843. The zero-order valence-electron chi connectivity index (χ0n) is 16.9. The maximum atomic E-state index is 13.3. The second kappa shape index (κ2) is 6.56. The average Bonchev–Trinajstić information content (AvgIpc) is 2.94. The van der Waals surface area contributed by atoms with Crippen molar-refractivity contribution in [2.24, 2.45) is 22.7 Å². The molecule has 10 heteroatoms. The highest BCUT2D eigenvalue weighted by atomic mass is 19.4. The maximum Gasteiger partial charge on any atom is 0.451 e. The number of likely N-dealkylation sites (tertiary alicyclic amines) is 1. The third-order valence-electron chi connectivity index (χ3n) is 6.06. The summed E-state index contributed by atoms with van der Waals surface area (Å²) in [6.45, 7) is 9.55. The summed E-state index contributed by atoms with van der Waals surface area (Å²) in [6, 6.07) is -0.647. The Balaban J connectivity index is 1.87. The van der Waals surface area contributed by atoms with E-state index >= 15 is 0 Å². The minimum Gasteiger partial charge on any atom is -0.480 e. The summed E-state index contributed by atoms with van der Waals surface area (Å²) in [5.74, 6) is -3.00. The molecule has 2 heterocycles. The summed E-state index contributed by atoms with van der Waals surface area (Å²) >= 11 is 0. The molecule has 0 unspecified atom stereocenters. The number of piperidine rings is 1. The van der Waals surface area contributed by atoms with E-state index in [1.807, 2.05) is 13.8 Å². The van der Waals surface area contributed by atoms with Crippen molar-refractivity contribution in [3.63, 3.8) is 0 Å². The summed E-state index contributed by atoms with van der Waals surface area (Å²) in [5, 5.41) is 12.5. The number of fused-ring (bicyclic) bond motifs is 1. The number of halogens is 3. The molecule has 2 aliphatic rings. The number of amides is 1. The first-order valence-electron chi connectivity index (χ1n) is 9.35. The number of carboxylic acid groups (broad SMARTS) is 1. The Kier molecular flexibility index (Phi) is 4.83. The van der Waals surface area contributed by atoms with Crippen LogP contribution < -0.4 is 5.32 Å². The summed E-state index contributed by atoms with van der Waals surface area (Å²) < 4.78 is 38.7. The monoisotopic (exact) mass is 414 g/mol. The molecule has 1 saturated carbocycles. The van der Waals surface area contributed by atoms with Gasteiger partial charge in [-0.05, 0) is 22.8 Å². The highest BCUT2D eigenvalue weighted by Crippen LogP contribution is 2.65. The standard InChI is InChI=1S/C19H25F3N4O3/c1-17(2,3)13(24-10-6-7-23-16(25-10)19(20,21)22)14(27)26-8-9-11(18(9,4)5)12(26)15(28)29/h6-7,9,11-13H,8H2,1-5H3,(H,28,29)(H,23,24,25)/t9-,11-,12-,13+/m0/s1. The summed E-state index contributed by atoms with van der Waals surface area (Å²) in [6.07, 6.45) is -3.74. The highest BCUT2D eigenvalue weighted by Gasteiger charge is 2.70. The van der Waals surface area contributed by atoms with Crippen molar-refractivity contribution in [2.75, 3.05) is 11.9 Å². The molecule has 1 aliphatic carbocycles. The fourth-order valence-electron chi connectivity index (χ4n) is 4.33. The number of anilines is 1. The van der Waals surface area contributed by atoms with E-state index in [9.17, 15) is 27.9 Å². The van der Waals surface area contributed by atoms with Gasteiger partial charge in [-0.25, -0.2) is 14.8 Å². The minimum atomic E-state index is -4.71. The molecule has 2 N–H and O–H groups in total. The largest absolute Gasteiger partial charge is 0.480 e. The van der Waals surface area contributed by atoms with Crippen LogP contribution in [0.3, 0.4) is 0 Å². The summed E-state index contributed by atoms with van der Waals surface area (Å²) in [7, 11) is 0. The van der Waals surface area contributed by atoms with Crippen molar-refractivity contribution in [1.29, 1.82) is 0 Å². The van der Waals surface area contributed by atoms with Crippen molar-refractivity contribution >= 4 is 17.7 Å². The molecule has 0 spiro atoms. The van der Waals surface area contributed by atoms with Crippen LogP contribution in [0.5, 0.6) is 0 Å². The van der Waals surface area contributed by atoms with Crippen molar-refractivity contribution < 1.29 is 27.9 Å². The van der Waals surface area contributed by atoms with Crippen LogP contribution in [-0.2, 0) is 15.8 Å². The molecule has 0 radical (unpaired) electrons. The zero-order chi connectivity index (χ0) is 21.9. The number of carbonyl (C=O) groups is 2. The SMILES string of the molecule is CC(C)(C)[C@H](Nc1ccnc(C(F)(F)F)n1)C(=O)N1C[C@H]2[C@@H]([C@H]1C(=O)O)C2(C)C. The highest BCUT2D eigenvalue weighted by molar-refractivity contribution is 5.90. The lowest BCUT2D eigenvalue weighted by Gasteiger charge is -2.37. The molecule has 1 aliphatic heterocycles. The van der Waals surface area contributed by atoms with E-state index in [2.05, 4.69) is 15.3 Å². The number of rotatable bonds is 4. The molecular formula is C19H25F3N4O3. The van der Waals surface area contributed by atoms with Crippen LogP contribution in [0.4, 0.5) is 19.0 Å². The summed E-state index contributed by atoms with van der Waals surface area (Å²) in [4.78, 5) is 33.2. The molecule has 1 saturated heterocycles. The lowest BCUT2D eigenvalue weighted by molar-refractivity contribution is -0.151. The van der Waals surface area contributed by atoms with Gasteiger partial charge in [-0.15, -0.1) is 0 Å². The van der Waals surface area contributed by atoms with E-state index < -0.39 is 41.4 Å². The number of nitrogens with zero attached hydrogens (tertiary/aromatic N) is 3. The van der Waals surface area contributed by atoms with E-state index in [-0.39, 0.29) is 23.1 Å². The first-order valence-corrected chi connectivity index (χ1v) is 9.35. The molecule has 1 aromatic rings. The topological polar surface area (TPSA) is 95.4 Å². The van der Waals surface area contributed by atoms with Crippen molar-refractivity contribution in [2.45, 2.75) is 52.9 Å². The van der Waals surface area contributed by atoms with E-state index in [1.54, 1.807) is 20.8 Å². The van der Waals surface area contributed by atoms with Crippen LogP contribution in [0, 0.1) is 22.7 Å². The maximum absolute atomic E-state index is 13.3. The van der Waals surface area contributed by atoms with E-state index in [0.717, 1.165) is 6.20 Å². The molecular weight excluding hydrogens is 389 g/mol. The fourth-order valence-corrected chi connectivity index (χ4v) is 4.33. The van der Waals surface area contributed by atoms with Gasteiger partial charge in [-0.1, -0.05) is 34.6 Å². The Morgan fingerprint density at radius 3 is 2.45 bits per heavy atom. The zero-order valence-corrected chi connectivity index (χ0v) is 16.9. The quantitative estimate of drug-likeness (QED) is 0.787. The second-order valence-corrected chi connectivity index (χ2v) is 9.43. The molecule has 7 nitrogen and oxygen atoms in total. The predicted molar refractivity (Wildman–Crippen MR) is 97.8 cm³/mol. The lowest BCUT2D eigenvalue weighted by atomic mass is 9.85. The first kappa shape index (κ1) is 21.3. The molecule has 3 rings (SSSR count). The third-order valence-corrected chi connectivity index (χ3v) is 6.06. The lowest BCUT2D eigenvalue weighted by Crippen LogP contribution is -2.54. The van der Waals surface area contributed by atoms with Crippen LogP contribution in [0.2, 0.25) is 0 Å². The van der Waals surface area contributed by atoms with E-state index in [1.165, 1.54) is 11.0 Å².